The van der Waals surface area contributed by atoms with Gasteiger partial charge in [0.25, 0.3) is 0 Å². The van der Waals surface area contributed by atoms with E-state index >= 15 is 0 Å². The molecule has 2 heteroatoms. The Morgan fingerprint density at radius 1 is 1.38 bits per heavy atom. The number of hydrogen-bond acceptors (Lipinski definition) is 1. The van der Waals surface area contributed by atoms with E-state index in [4.69, 9.17) is 0 Å². The highest BCUT2D eigenvalue weighted by atomic mass is 32.1. The molecule has 13 heavy (non-hydrogen) atoms. The monoisotopic (exact) mass is 191 g/mol. The van der Waals surface area contributed by atoms with E-state index in [0.29, 0.717) is 5.92 Å². The smallest absolute Gasteiger partial charge is 0.0456 e. The van der Waals surface area contributed by atoms with Crippen molar-refractivity contribution < 1.29 is 0 Å². The van der Waals surface area contributed by atoms with E-state index in [1.165, 1.54) is 16.5 Å². The maximum absolute atomic E-state index is 4.31. The van der Waals surface area contributed by atoms with E-state index in [-0.39, 0.29) is 0 Å². The van der Waals surface area contributed by atoms with E-state index in [0.717, 1.165) is 5.75 Å². The molecule has 0 radical (unpaired) electrons. The van der Waals surface area contributed by atoms with Gasteiger partial charge in [-0.3, -0.25) is 0 Å². The van der Waals surface area contributed by atoms with Crippen LogP contribution in [0.25, 0.3) is 10.9 Å². The first-order chi connectivity index (χ1) is 6.33. The third-order valence-corrected chi connectivity index (χ3v) is 2.97. The number of H-pyrrole nitrogens is 1. The van der Waals surface area contributed by atoms with Crippen LogP contribution in [0.15, 0.2) is 30.5 Å². The second-order valence-corrected chi connectivity index (χ2v) is 3.74. The van der Waals surface area contributed by atoms with Crippen LogP contribution in [0.4, 0.5) is 0 Å². The molecule has 0 amide bonds. The van der Waals surface area contributed by atoms with Gasteiger partial charge >= 0.3 is 0 Å². The van der Waals surface area contributed by atoms with Crippen LogP contribution < -0.4 is 0 Å². The highest BCUT2D eigenvalue weighted by molar-refractivity contribution is 7.80. The SMILES string of the molecule is CC(CS)c1c[nH]c2ccccc12. The molecule has 1 heterocycles. The summed E-state index contributed by atoms with van der Waals surface area (Å²) < 4.78 is 0. The Bertz CT molecular complexity index is 405. The van der Waals surface area contributed by atoms with Crippen LogP contribution in [0.2, 0.25) is 0 Å². The molecule has 1 aromatic carbocycles. The van der Waals surface area contributed by atoms with Gasteiger partial charge in [-0.25, -0.2) is 0 Å². The zero-order valence-electron chi connectivity index (χ0n) is 7.62. The minimum absolute atomic E-state index is 0.513. The Morgan fingerprint density at radius 2 is 2.15 bits per heavy atom. The Labute approximate surface area is 83.6 Å². The molecule has 0 fully saturated rings. The third kappa shape index (κ3) is 1.46. The highest BCUT2D eigenvalue weighted by Crippen LogP contribution is 2.25. The fourth-order valence-electron chi connectivity index (χ4n) is 1.60. The Hall–Kier alpha value is -0.890. The van der Waals surface area contributed by atoms with Crippen molar-refractivity contribution in [2.24, 2.45) is 0 Å². The molecule has 1 atom stereocenters. The van der Waals surface area contributed by atoms with Gasteiger partial charge in [0, 0.05) is 17.1 Å². The van der Waals surface area contributed by atoms with E-state index < -0.39 is 0 Å². The quantitative estimate of drug-likeness (QED) is 0.678. The Kier molecular flexibility index (Phi) is 2.32. The van der Waals surface area contributed by atoms with Crippen LogP contribution in [-0.2, 0) is 0 Å². The number of thiol groups is 1. The van der Waals surface area contributed by atoms with Crippen molar-refractivity contribution in [2.45, 2.75) is 12.8 Å². The predicted molar refractivity (Wildman–Crippen MR) is 60.6 cm³/mol. The summed E-state index contributed by atoms with van der Waals surface area (Å²) in [6.45, 7) is 2.20. The normalized spacial score (nSPS) is 13.4. The Morgan fingerprint density at radius 3 is 2.92 bits per heavy atom. The first kappa shape index (κ1) is 8.70. The number of rotatable bonds is 2. The first-order valence-electron chi connectivity index (χ1n) is 4.50. The highest BCUT2D eigenvalue weighted by Gasteiger charge is 2.08. The van der Waals surface area contributed by atoms with Gasteiger partial charge in [0.1, 0.15) is 0 Å². The summed E-state index contributed by atoms with van der Waals surface area (Å²) in [4.78, 5) is 3.27. The van der Waals surface area contributed by atoms with Crippen LogP contribution in [0.1, 0.15) is 18.4 Å². The average molecular weight is 191 g/mol. The topological polar surface area (TPSA) is 15.8 Å². The lowest BCUT2D eigenvalue weighted by Gasteiger charge is -2.05. The van der Waals surface area contributed by atoms with Crippen LogP contribution in [0.5, 0.6) is 0 Å². The predicted octanol–water partition coefficient (Wildman–Crippen LogP) is 3.20. The van der Waals surface area contributed by atoms with Gasteiger partial charge in [0.2, 0.25) is 0 Å². The van der Waals surface area contributed by atoms with Crippen LogP contribution >= 0.6 is 12.6 Å². The van der Waals surface area contributed by atoms with Crippen molar-refractivity contribution in [1.29, 1.82) is 0 Å². The standard InChI is InChI=1S/C11H13NS/c1-8(7-13)10-6-12-11-5-3-2-4-9(10)11/h2-6,8,12-13H,7H2,1H3. The molecular weight excluding hydrogens is 178 g/mol. The lowest BCUT2D eigenvalue weighted by molar-refractivity contribution is 0.893. The second kappa shape index (κ2) is 3.46. The fraction of sp³-hybridized carbons (Fsp3) is 0.273. The van der Waals surface area contributed by atoms with Crippen LogP contribution in [-0.4, -0.2) is 10.7 Å². The molecule has 2 rings (SSSR count). The molecule has 0 saturated carbocycles. The molecular formula is C11H13NS. The van der Waals surface area contributed by atoms with Gasteiger partial charge in [0.15, 0.2) is 0 Å². The summed E-state index contributed by atoms with van der Waals surface area (Å²) in [5.74, 6) is 1.40. The maximum atomic E-state index is 4.31. The fourth-order valence-corrected chi connectivity index (χ4v) is 1.80. The second-order valence-electron chi connectivity index (χ2n) is 3.37. The van der Waals surface area contributed by atoms with E-state index in [1.54, 1.807) is 0 Å². The molecule has 1 N–H and O–H groups in total. The van der Waals surface area contributed by atoms with Crippen molar-refractivity contribution in [1.82, 2.24) is 4.98 Å². The van der Waals surface area contributed by atoms with Crippen molar-refractivity contribution in [2.75, 3.05) is 5.75 Å². The molecule has 0 spiro atoms. The molecule has 0 aliphatic carbocycles. The molecule has 0 saturated heterocycles. The number of aromatic nitrogens is 1. The van der Waals surface area contributed by atoms with Gasteiger partial charge < -0.3 is 4.98 Å². The zero-order chi connectivity index (χ0) is 9.26. The molecule has 1 aromatic heterocycles. The molecule has 0 bridgehead atoms. The number of fused-ring (bicyclic) bond motifs is 1. The van der Waals surface area contributed by atoms with Crippen LogP contribution in [0.3, 0.4) is 0 Å². The minimum atomic E-state index is 0.513. The van der Waals surface area contributed by atoms with Crippen molar-refractivity contribution in [3.63, 3.8) is 0 Å². The average Bonchev–Trinajstić information content (AvgIpc) is 2.60. The number of aromatic amines is 1. The van der Waals surface area contributed by atoms with E-state index in [2.05, 4.69) is 48.9 Å². The summed E-state index contributed by atoms with van der Waals surface area (Å²) in [6.07, 6.45) is 2.09. The van der Waals surface area contributed by atoms with Crippen molar-refractivity contribution >= 4 is 23.5 Å². The summed E-state index contributed by atoms with van der Waals surface area (Å²) >= 11 is 4.31. The molecule has 0 aliphatic heterocycles. The lowest BCUT2D eigenvalue weighted by atomic mass is 10.0. The summed E-state index contributed by atoms with van der Waals surface area (Å²) in [6, 6.07) is 8.38. The molecule has 1 unspecified atom stereocenters. The zero-order valence-corrected chi connectivity index (χ0v) is 8.51. The summed E-state index contributed by atoms with van der Waals surface area (Å²) in [5.41, 5.74) is 2.58. The number of benzene rings is 1. The van der Waals surface area contributed by atoms with Crippen molar-refractivity contribution in [3.8, 4) is 0 Å². The molecule has 68 valence electrons. The van der Waals surface area contributed by atoms with Crippen molar-refractivity contribution in [3.05, 3.63) is 36.0 Å². The Balaban J connectivity index is 2.57. The maximum Gasteiger partial charge on any atom is 0.0456 e. The van der Waals surface area contributed by atoms with Gasteiger partial charge in [-0.05, 0) is 23.3 Å². The minimum Gasteiger partial charge on any atom is -0.361 e. The van der Waals surface area contributed by atoms with E-state index in [9.17, 15) is 0 Å². The van der Waals surface area contributed by atoms with Gasteiger partial charge in [-0.15, -0.1) is 0 Å². The molecule has 2 aromatic rings. The number of hydrogen-bond donors (Lipinski definition) is 2. The van der Waals surface area contributed by atoms with Gasteiger partial charge in [0.05, 0.1) is 0 Å². The van der Waals surface area contributed by atoms with Crippen LogP contribution in [0, 0.1) is 0 Å². The number of para-hydroxylation sites is 1. The van der Waals surface area contributed by atoms with E-state index in [1.807, 2.05) is 6.07 Å². The van der Waals surface area contributed by atoms with Gasteiger partial charge in [-0.2, -0.15) is 12.6 Å². The van der Waals surface area contributed by atoms with Gasteiger partial charge in [-0.1, -0.05) is 25.1 Å². The molecule has 0 aliphatic rings. The third-order valence-electron chi connectivity index (χ3n) is 2.43. The lowest BCUT2D eigenvalue weighted by Crippen LogP contribution is -1.92. The number of nitrogens with one attached hydrogen (secondary N) is 1. The summed E-state index contributed by atoms with van der Waals surface area (Å²) in [7, 11) is 0. The summed E-state index contributed by atoms with van der Waals surface area (Å²) in [5, 5.41) is 1.32. The largest absolute Gasteiger partial charge is 0.361 e. The molecule has 1 nitrogen and oxygen atoms in total. The first-order valence-corrected chi connectivity index (χ1v) is 5.13.